The molecule has 4 heteroatoms. The SMILES string of the molecule is Nc1c(Oc2cccc3ccccc23)cccc1C(=O)O. The van der Waals surface area contributed by atoms with Gasteiger partial charge in [-0.25, -0.2) is 4.79 Å². The van der Waals surface area contributed by atoms with Crippen LogP contribution in [0, 0.1) is 0 Å². The largest absolute Gasteiger partial charge is 0.478 e. The number of hydrogen-bond donors (Lipinski definition) is 2. The lowest BCUT2D eigenvalue weighted by Crippen LogP contribution is -2.03. The number of hydrogen-bond acceptors (Lipinski definition) is 3. The second-order valence-electron chi connectivity index (χ2n) is 4.60. The highest BCUT2D eigenvalue weighted by molar-refractivity contribution is 5.95. The van der Waals surface area contributed by atoms with E-state index in [9.17, 15) is 4.79 Å². The fourth-order valence-electron chi connectivity index (χ4n) is 2.22. The summed E-state index contributed by atoms with van der Waals surface area (Å²) in [5.74, 6) is -0.0931. The first-order valence-corrected chi connectivity index (χ1v) is 6.44. The molecule has 0 saturated carbocycles. The number of nitrogen functional groups attached to an aromatic ring is 1. The minimum atomic E-state index is -1.07. The molecule has 3 rings (SSSR count). The second kappa shape index (κ2) is 5.17. The first-order valence-electron chi connectivity index (χ1n) is 6.44. The molecule has 4 nitrogen and oxygen atoms in total. The molecule has 0 aliphatic heterocycles. The molecule has 0 heterocycles. The second-order valence-corrected chi connectivity index (χ2v) is 4.60. The van der Waals surface area contributed by atoms with Crippen LogP contribution in [0.15, 0.2) is 60.7 Å². The summed E-state index contributed by atoms with van der Waals surface area (Å²) in [5, 5.41) is 11.1. The van der Waals surface area contributed by atoms with E-state index in [1.807, 2.05) is 42.5 Å². The molecule has 0 aliphatic carbocycles. The molecule has 0 amide bonds. The first kappa shape index (κ1) is 13.0. The van der Waals surface area contributed by atoms with Crippen LogP contribution in [0.25, 0.3) is 10.8 Å². The van der Waals surface area contributed by atoms with Gasteiger partial charge >= 0.3 is 5.97 Å². The van der Waals surface area contributed by atoms with Crippen LogP contribution < -0.4 is 10.5 Å². The smallest absolute Gasteiger partial charge is 0.337 e. The van der Waals surface area contributed by atoms with Gasteiger partial charge in [-0.1, -0.05) is 42.5 Å². The summed E-state index contributed by atoms with van der Waals surface area (Å²) in [6.07, 6.45) is 0. The fraction of sp³-hybridized carbons (Fsp3) is 0. The van der Waals surface area contributed by atoms with Crippen LogP contribution >= 0.6 is 0 Å². The Hall–Kier alpha value is -3.01. The number of fused-ring (bicyclic) bond motifs is 1. The Labute approximate surface area is 121 Å². The lowest BCUT2D eigenvalue weighted by Gasteiger charge is -2.12. The molecule has 3 aromatic carbocycles. The van der Waals surface area contributed by atoms with E-state index >= 15 is 0 Å². The topological polar surface area (TPSA) is 72.5 Å². The quantitative estimate of drug-likeness (QED) is 0.713. The number of nitrogens with two attached hydrogens (primary N) is 1. The van der Waals surface area contributed by atoms with E-state index in [-0.39, 0.29) is 11.3 Å². The molecule has 0 bridgehead atoms. The maximum Gasteiger partial charge on any atom is 0.337 e. The highest BCUT2D eigenvalue weighted by Gasteiger charge is 2.13. The van der Waals surface area contributed by atoms with Gasteiger partial charge in [0.2, 0.25) is 0 Å². The zero-order valence-electron chi connectivity index (χ0n) is 11.1. The molecule has 0 saturated heterocycles. The van der Waals surface area contributed by atoms with Crippen molar-refractivity contribution in [1.82, 2.24) is 0 Å². The lowest BCUT2D eigenvalue weighted by atomic mass is 10.1. The van der Waals surface area contributed by atoms with Gasteiger partial charge in [-0.3, -0.25) is 0 Å². The fourth-order valence-corrected chi connectivity index (χ4v) is 2.22. The van der Waals surface area contributed by atoms with Gasteiger partial charge in [-0.2, -0.15) is 0 Å². The number of aromatic carboxylic acids is 1. The monoisotopic (exact) mass is 279 g/mol. The minimum absolute atomic E-state index is 0.0349. The van der Waals surface area contributed by atoms with Crippen molar-refractivity contribution in [2.75, 3.05) is 5.73 Å². The van der Waals surface area contributed by atoms with Crippen LogP contribution in [0.5, 0.6) is 11.5 Å². The van der Waals surface area contributed by atoms with Crippen molar-refractivity contribution in [2.24, 2.45) is 0 Å². The number of carboxylic acid groups (broad SMARTS) is 1. The summed E-state index contributed by atoms with van der Waals surface area (Å²) in [7, 11) is 0. The predicted octanol–water partition coefficient (Wildman–Crippen LogP) is 3.91. The van der Waals surface area contributed by atoms with Gasteiger partial charge in [0.25, 0.3) is 0 Å². The highest BCUT2D eigenvalue weighted by Crippen LogP contribution is 2.34. The van der Waals surface area contributed by atoms with Crippen LogP contribution in [-0.2, 0) is 0 Å². The third-order valence-electron chi connectivity index (χ3n) is 3.27. The standard InChI is InChI=1S/C17H13NO3/c18-16-13(17(19)20)8-4-10-15(16)21-14-9-3-6-11-5-1-2-7-12(11)14/h1-10H,18H2,(H,19,20). The molecule has 0 fully saturated rings. The summed E-state index contributed by atoms with van der Waals surface area (Å²) in [6, 6.07) is 18.2. The van der Waals surface area contributed by atoms with Gasteiger partial charge in [0.1, 0.15) is 5.75 Å². The Morgan fingerprint density at radius 3 is 2.38 bits per heavy atom. The van der Waals surface area contributed by atoms with Gasteiger partial charge in [-0.15, -0.1) is 0 Å². The van der Waals surface area contributed by atoms with Crippen LogP contribution in [0.2, 0.25) is 0 Å². The molecular formula is C17H13NO3. The molecule has 0 radical (unpaired) electrons. The average Bonchev–Trinajstić information content (AvgIpc) is 2.49. The average molecular weight is 279 g/mol. The van der Waals surface area contributed by atoms with E-state index in [1.165, 1.54) is 6.07 Å². The Morgan fingerprint density at radius 2 is 1.57 bits per heavy atom. The molecule has 104 valence electrons. The van der Waals surface area contributed by atoms with Gasteiger partial charge in [0.05, 0.1) is 11.3 Å². The van der Waals surface area contributed by atoms with Crippen LogP contribution in [0.1, 0.15) is 10.4 Å². The van der Waals surface area contributed by atoms with Crippen molar-refractivity contribution in [3.05, 3.63) is 66.2 Å². The molecule has 21 heavy (non-hydrogen) atoms. The number of anilines is 1. The maximum absolute atomic E-state index is 11.1. The Kier molecular flexibility index (Phi) is 3.20. The summed E-state index contributed by atoms with van der Waals surface area (Å²) in [6.45, 7) is 0. The zero-order chi connectivity index (χ0) is 14.8. The first-order chi connectivity index (χ1) is 10.2. The Balaban J connectivity index is 2.07. The van der Waals surface area contributed by atoms with Crippen molar-refractivity contribution in [3.8, 4) is 11.5 Å². The number of para-hydroxylation sites is 1. The minimum Gasteiger partial charge on any atom is -0.478 e. The van der Waals surface area contributed by atoms with Gasteiger partial charge in [0, 0.05) is 5.39 Å². The summed E-state index contributed by atoms with van der Waals surface area (Å²) < 4.78 is 5.82. The number of ether oxygens (including phenoxy) is 1. The summed E-state index contributed by atoms with van der Waals surface area (Å²) >= 11 is 0. The van der Waals surface area contributed by atoms with Gasteiger partial charge < -0.3 is 15.6 Å². The van der Waals surface area contributed by atoms with Gasteiger partial charge in [-0.05, 0) is 23.6 Å². The van der Waals surface area contributed by atoms with Crippen molar-refractivity contribution in [2.45, 2.75) is 0 Å². The molecular weight excluding hydrogens is 266 g/mol. The van der Waals surface area contributed by atoms with Crippen LogP contribution in [0.3, 0.4) is 0 Å². The van der Waals surface area contributed by atoms with E-state index in [2.05, 4.69) is 0 Å². The Bertz CT molecular complexity index is 822. The number of rotatable bonds is 3. The molecule has 0 unspecified atom stereocenters. The van der Waals surface area contributed by atoms with Crippen molar-refractivity contribution < 1.29 is 14.6 Å². The Morgan fingerprint density at radius 1 is 0.905 bits per heavy atom. The van der Waals surface area contributed by atoms with Crippen molar-refractivity contribution >= 4 is 22.4 Å². The third-order valence-corrected chi connectivity index (χ3v) is 3.27. The molecule has 0 aromatic heterocycles. The van der Waals surface area contributed by atoms with E-state index in [0.29, 0.717) is 11.5 Å². The third kappa shape index (κ3) is 2.39. The number of carboxylic acids is 1. The number of carbonyl (C=O) groups is 1. The molecule has 3 N–H and O–H groups in total. The molecule has 0 spiro atoms. The maximum atomic E-state index is 11.1. The van der Waals surface area contributed by atoms with E-state index in [4.69, 9.17) is 15.6 Å². The zero-order valence-corrected chi connectivity index (χ0v) is 11.1. The van der Waals surface area contributed by atoms with Crippen LogP contribution in [-0.4, -0.2) is 11.1 Å². The number of benzene rings is 3. The predicted molar refractivity (Wildman–Crippen MR) is 81.8 cm³/mol. The summed E-state index contributed by atoms with van der Waals surface area (Å²) in [4.78, 5) is 11.1. The van der Waals surface area contributed by atoms with Crippen LogP contribution in [0.4, 0.5) is 5.69 Å². The van der Waals surface area contributed by atoms with E-state index < -0.39 is 5.97 Å². The molecule has 3 aromatic rings. The van der Waals surface area contributed by atoms with Gasteiger partial charge in [0.15, 0.2) is 5.75 Å². The van der Waals surface area contributed by atoms with Crippen molar-refractivity contribution in [3.63, 3.8) is 0 Å². The normalized spacial score (nSPS) is 10.5. The molecule has 0 aliphatic rings. The van der Waals surface area contributed by atoms with E-state index in [0.717, 1.165) is 10.8 Å². The highest BCUT2D eigenvalue weighted by atomic mass is 16.5. The van der Waals surface area contributed by atoms with Crippen molar-refractivity contribution in [1.29, 1.82) is 0 Å². The summed E-state index contributed by atoms with van der Waals surface area (Å²) in [5.41, 5.74) is 6.03. The molecule has 0 atom stereocenters. The van der Waals surface area contributed by atoms with E-state index in [1.54, 1.807) is 12.1 Å². The lowest BCUT2D eigenvalue weighted by molar-refractivity contribution is 0.0697.